The fraction of sp³-hybridized carbons (Fsp3) is 0.286. The summed E-state index contributed by atoms with van der Waals surface area (Å²) in [5.74, 6) is 0.936. The number of benzene rings is 1. The Labute approximate surface area is 122 Å². The van der Waals surface area contributed by atoms with Crippen molar-refractivity contribution < 1.29 is 4.74 Å². The van der Waals surface area contributed by atoms with E-state index in [0.717, 1.165) is 22.7 Å². The molecule has 19 heavy (non-hydrogen) atoms. The number of hydrogen-bond acceptors (Lipinski definition) is 4. The van der Waals surface area contributed by atoms with E-state index >= 15 is 0 Å². The Balaban J connectivity index is 1.92. The Kier molecular flexibility index (Phi) is 4.50. The van der Waals surface area contributed by atoms with Crippen LogP contribution in [0.25, 0.3) is 0 Å². The number of hydrogen-bond donors (Lipinski definition) is 1. The molecule has 2 aromatic rings. The van der Waals surface area contributed by atoms with Crippen LogP contribution in [0.1, 0.15) is 21.8 Å². The van der Waals surface area contributed by atoms with E-state index in [1.54, 1.807) is 11.3 Å². The van der Waals surface area contributed by atoms with Gasteiger partial charge in [-0.25, -0.2) is 4.98 Å². The molecule has 0 fully saturated rings. The van der Waals surface area contributed by atoms with E-state index in [-0.39, 0.29) is 0 Å². The number of thiocarbonyl (C=S) groups is 1. The van der Waals surface area contributed by atoms with Crippen LogP contribution >= 0.6 is 23.6 Å². The van der Waals surface area contributed by atoms with Crippen LogP contribution in [0.4, 0.5) is 0 Å². The van der Waals surface area contributed by atoms with Crippen molar-refractivity contribution in [3.8, 4) is 5.75 Å². The predicted molar refractivity (Wildman–Crippen MR) is 83.1 cm³/mol. The van der Waals surface area contributed by atoms with Gasteiger partial charge in [-0.1, -0.05) is 24.4 Å². The maximum absolute atomic E-state index is 5.79. The smallest absolute Gasteiger partial charge is 0.123 e. The highest BCUT2D eigenvalue weighted by molar-refractivity contribution is 7.80. The standard InChI is InChI=1S/C14H16N2OS2/c1-9-3-4-10(2)12(7-9)17-6-5-13-16-11(8-19-13)14(15)18/h3-4,7-8H,5-6H2,1-2H3,(H2,15,18). The summed E-state index contributed by atoms with van der Waals surface area (Å²) in [5, 5.41) is 2.88. The molecule has 0 saturated carbocycles. The SMILES string of the molecule is Cc1ccc(C)c(OCCc2nc(C(N)=S)cs2)c1. The van der Waals surface area contributed by atoms with Crippen molar-refractivity contribution in [3.63, 3.8) is 0 Å². The molecule has 0 aliphatic rings. The molecular formula is C14H16N2OS2. The third-order valence-electron chi connectivity index (χ3n) is 2.72. The highest BCUT2D eigenvalue weighted by atomic mass is 32.1. The zero-order chi connectivity index (χ0) is 13.8. The lowest BCUT2D eigenvalue weighted by molar-refractivity contribution is 0.319. The molecule has 2 rings (SSSR count). The zero-order valence-corrected chi connectivity index (χ0v) is 12.6. The normalized spacial score (nSPS) is 10.4. The van der Waals surface area contributed by atoms with Crippen molar-refractivity contribution >= 4 is 28.5 Å². The maximum Gasteiger partial charge on any atom is 0.123 e. The molecule has 0 saturated heterocycles. The molecule has 0 spiro atoms. The van der Waals surface area contributed by atoms with E-state index in [4.69, 9.17) is 22.7 Å². The number of aromatic nitrogens is 1. The minimum atomic E-state index is 0.345. The molecule has 1 aromatic heterocycles. The van der Waals surface area contributed by atoms with Gasteiger partial charge in [0.25, 0.3) is 0 Å². The number of thiazole rings is 1. The second-order valence-corrected chi connectivity index (χ2v) is 5.74. The minimum absolute atomic E-state index is 0.345. The summed E-state index contributed by atoms with van der Waals surface area (Å²) in [6.07, 6.45) is 0.765. The topological polar surface area (TPSA) is 48.1 Å². The summed E-state index contributed by atoms with van der Waals surface area (Å²) < 4.78 is 5.79. The highest BCUT2D eigenvalue weighted by Crippen LogP contribution is 2.19. The minimum Gasteiger partial charge on any atom is -0.493 e. The van der Waals surface area contributed by atoms with Crippen LogP contribution in [-0.4, -0.2) is 16.6 Å². The van der Waals surface area contributed by atoms with E-state index in [9.17, 15) is 0 Å². The summed E-state index contributed by atoms with van der Waals surface area (Å²) in [6.45, 7) is 4.71. The number of nitrogens with zero attached hydrogens (tertiary/aromatic N) is 1. The van der Waals surface area contributed by atoms with Gasteiger partial charge < -0.3 is 10.5 Å². The van der Waals surface area contributed by atoms with Crippen LogP contribution in [-0.2, 0) is 6.42 Å². The van der Waals surface area contributed by atoms with Crippen LogP contribution in [0.2, 0.25) is 0 Å². The number of nitrogens with two attached hydrogens (primary N) is 1. The molecule has 3 nitrogen and oxygen atoms in total. The van der Waals surface area contributed by atoms with Crippen LogP contribution in [0.3, 0.4) is 0 Å². The molecule has 0 aliphatic heterocycles. The fourth-order valence-corrected chi connectivity index (χ4v) is 2.61. The molecule has 1 heterocycles. The second-order valence-electron chi connectivity index (χ2n) is 4.36. The van der Waals surface area contributed by atoms with Gasteiger partial charge in [0, 0.05) is 11.8 Å². The van der Waals surface area contributed by atoms with Crippen molar-refractivity contribution in [2.75, 3.05) is 6.61 Å². The zero-order valence-electron chi connectivity index (χ0n) is 11.0. The molecule has 100 valence electrons. The first-order chi connectivity index (χ1) is 9.06. The number of ether oxygens (including phenoxy) is 1. The fourth-order valence-electron chi connectivity index (χ4n) is 1.65. The third-order valence-corrected chi connectivity index (χ3v) is 3.84. The van der Waals surface area contributed by atoms with Gasteiger partial charge in [-0.15, -0.1) is 11.3 Å². The van der Waals surface area contributed by atoms with Gasteiger partial charge >= 0.3 is 0 Å². The van der Waals surface area contributed by atoms with E-state index in [1.165, 1.54) is 5.56 Å². The monoisotopic (exact) mass is 292 g/mol. The molecule has 1 aromatic carbocycles. The largest absolute Gasteiger partial charge is 0.493 e. The summed E-state index contributed by atoms with van der Waals surface area (Å²) in [6, 6.07) is 6.20. The van der Waals surface area contributed by atoms with Gasteiger partial charge in [0.15, 0.2) is 0 Å². The van der Waals surface area contributed by atoms with Crippen LogP contribution < -0.4 is 10.5 Å². The Morgan fingerprint density at radius 3 is 2.89 bits per heavy atom. The number of rotatable bonds is 5. The molecule has 0 aliphatic carbocycles. The van der Waals surface area contributed by atoms with Gasteiger partial charge in [-0.3, -0.25) is 0 Å². The Morgan fingerprint density at radius 1 is 1.42 bits per heavy atom. The maximum atomic E-state index is 5.79. The predicted octanol–water partition coefficient (Wildman–Crippen LogP) is 3.02. The third kappa shape index (κ3) is 3.75. The molecule has 2 N–H and O–H groups in total. The first kappa shape index (κ1) is 14.0. The first-order valence-electron chi connectivity index (χ1n) is 6.00. The van der Waals surface area contributed by atoms with E-state index in [1.807, 2.05) is 12.3 Å². The number of aryl methyl sites for hydroxylation is 2. The Bertz CT molecular complexity index is 593. The molecule has 0 bridgehead atoms. The lowest BCUT2D eigenvalue weighted by Crippen LogP contribution is -2.10. The summed E-state index contributed by atoms with van der Waals surface area (Å²) in [5.41, 5.74) is 8.57. The van der Waals surface area contributed by atoms with Crippen molar-refractivity contribution in [2.45, 2.75) is 20.3 Å². The Morgan fingerprint density at radius 2 is 2.21 bits per heavy atom. The Hall–Kier alpha value is -1.46. The lowest BCUT2D eigenvalue weighted by Gasteiger charge is -2.08. The molecule has 0 radical (unpaired) electrons. The first-order valence-corrected chi connectivity index (χ1v) is 7.29. The van der Waals surface area contributed by atoms with Crippen molar-refractivity contribution in [1.29, 1.82) is 0 Å². The summed E-state index contributed by atoms with van der Waals surface area (Å²) in [4.78, 5) is 4.70. The van der Waals surface area contributed by atoms with Gasteiger partial charge in [-0.05, 0) is 31.0 Å². The van der Waals surface area contributed by atoms with Crippen molar-refractivity contribution in [3.05, 3.63) is 45.4 Å². The molecular weight excluding hydrogens is 276 g/mol. The van der Waals surface area contributed by atoms with E-state index in [2.05, 4.69) is 30.1 Å². The summed E-state index contributed by atoms with van der Waals surface area (Å²) >= 11 is 6.45. The van der Waals surface area contributed by atoms with Gasteiger partial charge in [0.1, 0.15) is 16.4 Å². The summed E-state index contributed by atoms with van der Waals surface area (Å²) in [7, 11) is 0. The van der Waals surface area contributed by atoms with Crippen LogP contribution in [0.5, 0.6) is 5.75 Å². The quantitative estimate of drug-likeness (QED) is 0.861. The molecule has 0 unspecified atom stereocenters. The van der Waals surface area contributed by atoms with E-state index < -0.39 is 0 Å². The van der Waals surface area contributed by atoms with Crippen LogP contribution in [0.15, 0.2) is 23.6 Å². The van der Waals surface area contributed by atoms with Gasteiger partial charge in [0.2, 0.25) is 0 Å². The molecule has 0 amide bonds. The average Bonchev–Trinajstić information content (AvgIpc) is 2.82. The molecule has 5 heteroatoms. The lowest BCUT2D eigenvalue weighted by atomic mass is 10.1. The van der Waals surface area contributed by atoms with Crippen molar-refractivity contribution in [1.82, 2.24) is 4.98 Å². The van der Waals surface area contributed by atoms with Crippen LogP contribution in [0, 0.1) is 13.8 Å². The van der Waals surface area contributed by atoms with Crippen molar-refractivity contribution in [2.24, 2.45) is 5.73 Å². The van der Waals surface area contributed by atoms with E-state index in [0.29, 0.717) is 17.3 Å². The van der Waals surface area contributed by atoms with Gasteiger partial charge in [0.05, 0.1) is 11.6 Å². The average molecular weight is 292 g/mol. The molecule has 0 atom stereocenters. The second kappa shape index (κ2) is 6.12. The van der Waals surface area contributed by atoms with Gasteiger partial charge in [-0.2, -0.15) is 0 Å². The highest BCUT2D eigenvalue weighted by Gasteiger charge is 2.05.